The van der Waals surface area contributed by atoms with E-state index >= 15 is 0 Å². The van der Waals surface area contributed by atoms with Gasteiger partial charge in [-0.05, 0) is 59.7 Å². The molecule has 0 aromatic heterocycles. The molecule has 0 aliphatic heterocycles. The number of methoxy groups -OCH3 is 2. The summed E-state index contributed by atoms with van der Waals surface area (Å²) >= 11 is 3.44. The van der Waals surface area contributed by atoms with Gasteiger partial charge in [0.2, 0.25) is 0 Å². The quantitative estimate of drug-likeness (QED) is 0.377. The minimum atomic E-state index is -0.464. The third-order valence-electron chi connectivity index (χ3n) is 5.13. The van der Waals surface area contributed by atoms with E-state index in [4.69, 9.17) is 9.47 Å². The molecule has 0 aliphatic carbocycles. The van der Waals surface area contributed by atoms with E-state index in [1.165, 1.54) is 0 Å². The Balaban J connectivity index is 1.96. The molecule has 4 nitrogen and oxygen atoms in total. The molecule has 3 rings (SSSR count). The van der Waals surface area contributed by atoms with Crippen molar-refractivity contribution in [1.29, 1.82) is 5.26 Å². The smallest absolute Gasteiger partial charge is 0.163 e. The molecule has 152 valence electrons. The van der Waals surface area contributed by atoms with Gasteiger partial charge in [0, 0.05) is 22.4 Å². The number of nitrogens with zero attached hydrogens (tertiary/aromatic N) is 1. The Hall–Kier alpha value is -3.10. The fourth-order valence-corrected chi connectivity index (χ4v) is 3.71. The standard InChI is InChI=1S/C25H22BrNO3/c1-29-21-11-5-17(6-12-21)23(24(16-27)18-3-9-20(26)10-4-18)15-25(28)19-7-13-22(30-2)14-8-19/h3-14,23-24H,15H2,1-2H3/t23-,24+/m1/s1. The van der Waals surface area contributed by atoms with Crippen LogP contribution in [-0.4, -0.2) is 20.0 Å². The van der Waals surface area contributed by atoms with Crippen LogP contribution in [-0.2, 0) is 0 Å². The van der Waals surface area contributed by atoms with E-state index in [0.29, 0.717) is 11.3 Å². The predicted molar refractivity (Wildman–Crippen MR) is 120 cm³/mol. The average molecular weight is 464 g/mol. The summed E-state index contributed by atoms with van der Waals surface area (Å²) in [5.41, 5.74) is 2.40. The van der Waals surface area contributed by atoms with Crippen LogP contribution in [0.25, 0.3) is 0 Å². The normalized spacial score (nSPS) is 12.5. The van der Waals surface area contributed by atoms with E-state index in [0.717, 1.165) is 21.3 Å². The number of carbonyl (C=O) groups is 1. The van der Waals surface area contributed by atoms with Crippen molar-refractivity contribution < 1.29 is 14.3 Å². The van der Waals surface area contributed by atoms with Gasteiger partial charge < -0.3 is 9.47 Å². The van der Waals surface area contributed by atoms with Gasteiger partial charge in [0.1, 0.15) is 11.5 Å². The van der Waals surface area contributed by atoms with Crippen LogP contribution < -0.4 is 9.47 Å². The molecule has 0 saturated heterocycles. The van der Waals surface area contributed by atoms with Gasteiger partial charge in [-0.25, -0.2) is 0 Å². The van der Waals surface area contributed by atoms with Crippen molar-refractivity contribution in [1.82, 2.24) is 0 Å². The Kier molecular flexibility index (Phi) is 7.26. The number of hydrogen-bond donors (Lipinski definition) is 0. The van der Waals surface area contributed by atoms with E-state index in [-0.39, 0.29) is 18.1 Å². The highest BCUT2D eigenvalue weighted by atomic mass is 79.9. The summed E-state index contributed by atoms with van der Waals surface area (Å²) in [6.45, 7) is 0. The number of ether oxygens (including phenoxy) is 2. The molecule has 0 fully saturated rings. The Labute approximate surface area is 185 Å². The Bertz CT molecular complexity index is 1020. The molecule has 3 aromatic rings. The number of rotatable bonds is 8. The fraction of sp³-hybridized carbons (Fsp3) is 0.200. The minimum absolute atomic E-state index is 0.0177. The van der Waals surface area contributed by atoms with Crippen molar-refractivity contribution in [3.05, 3.63) is 94.0 Å². The van der Waals surface area contributed by atoms with Gasteiger partial charge in [-0.2, -0.15) is 5.26 Å². The molecule has 0 unspecified atom stereocenters. The van der Waals surface area contributed by atoms with Crippen LogP contribution in [0.4, 0.5) is 0 Å². The van der Waals surface area contributed by atoms with E-state index in [9.17, 15) is 10.1 Å². The zero-order chi connectivity index (χ0) is 21.5. The van der Waals surface area contributed by atoms with Crippen LogP contribution in [0.2, 0.25) is 0 Å². The molecule has 0 N–H and O–H groups in total. The summed E-state index contributed by atoms with van der Waals surface area (Å²) in [6, 6.07) is 24.7. The Morgan fingerprint density at radius 1 is 0.867 bits per heavy atom. The summed E-state index contributed by atoms with van der Waals surface area (Å²) in [5, 5.41) is 10.0. The van der Waals surface area contributed by atoms with Crippen LogP contribution in [0.1, 0.15) is 39.7 Å². The number of benzene rings is 3. The first-order valence-corrected chi connectivity index (χ1v) is 10.3. The number of Topliss-reactive ketones (excluding diaryl/α,β-unsaturated/α-hetero) is 1. The lowest BCUT2D eigenvalue weighted by atomic mass is 9.78. The maximum absolute atomic E-state index is 13.1. The van der Waals surface area contributed by atoms with Gasteiger partial charge >= 0.3 is 0 Å². The maximum Gasteiger partial charge on any atom is 0.163 e. The number of halogens is 1. The number of ketones is 1. The van der Waals surface area contributed by atoms with Gasteiger partial charge in [-0.3, -0.25) is 4.79 Å². The van der Waals surface area contributed by atoms with Crippen LogP contribution in [0.3, 0.4) is 0 Å². The second-order valence-corrected chi connectivity index (χ2v) is 7.81. The molecule has 0 heterocycles. The molecule has 30 heavy (non-hydrogen) atoms. The van der Waals surface area contributed by atoms with Gasteiger partial charge in [-0.15, -0.1) is 0 Å². The van der Waals surface area contributed by atoms with Crippen LogP contribution >= 0.6 is 15.9 Å². The number of carbonyl (C=O) groups excluding carboxylic acids is 1. The van der Waals surface area contributed by atoms with Crippen molar-refractivity contribution in [2.24, 2.45) is 0 Å². The highest BCUT2D eigenvalue weighted by molar-refractivity contribution is 9.10. The molecule has 0 aliphatic rings. The molecule has 5 heteroatoms. The summed E-state index contributed by atoms with van der Waals surface area (Å²) in [5.74, 6) is 0.653. The van der Waals surface area contributed by atoms with Crippen LogP contribution in [0.15, 0.2) is 77.3 Å². The first-order valence-electron chi connectivity index (χ1n) is 9.52. The minimum Gasteiger partial charge on any atom is -0.497 e. The first-order chi connectivity index (χ1) is 14.5. The van der Waals surface area contributed by atoms with Crippen molar-refractivity contribution in [3.8, 4) is 17.6 Å². The molecule has 3 aromatic carbocycles. The lowest BCUT2D eigenvalue weighted by Gasteiger charge is -2.23. The third kappa shape index (κ3) is 5.08. The lowest BCUT2D eigenvalue weighted by molar-refractivity contribution is 0.0971. The molecule has 0 saturated carbocycles. The van der Waals surface area contributed by atoms with Crippen LogP contribution in [0, 0.1) is 11.3 Å². The van der Waals surface area contributed by atoms with Crippen molar-refractivity contribution >= 4 is 21.7 Å². The second kappa shape index (κ2) is 10.1. The van der Waals surface area contributed by atoms with Crippen LogP contribution in [0.5, 0.6) is 11.5 Å². The monoisotopic (exact) mass is 463 g/mol. The van der Waals surface area contributed by atoms with Crippen molar-refractivity contribution in [2.45, 2.75) is 18.3 Å². The van der Waals surface area contributed by atoms with E-state index < -0.39 is 5.92 Å². The summed E-state index contributed by atoms with van der Waals surface area (Å²) in [7, 11) is 3.20. The topological polar surface area (TPSA) is 59.3 Å². The molecule has 0 spiro atoms. The Morgan fingerprint density at radius 3 is 1.87 bits per heavy atom. The van der Waals surface area contributed by atoms with E-state index in [2.05, 4.69) is 22.0 Å². The number of hydrogen-bond acceptors (Lipinski definition) is 4. The maximum atomic E-state index is 13.1. The fourth-order valence-electron chi connectivity index (χ4n) is 3.44. The molecular weight excluding hydrogens is 442 g/mol. The average Bonchev–Trinajstić information content (AvgIpc) is 2.80. The third-order valence-corrected chi connectivity index (χ3v) is 5.66. The summed E-state index contributed by atoms with van der Waals surface area (Å²) < 4.78 is 11.4. The van der Waals surface area contributed by atoms with E-state index in [1.807, 2.05) is 48.5 Å². The summed E-state index contributed by atoms with van der Waals surface area (Å²) in [4.78, 5) is 13.1. The van der Waals surface area contributed by atoms with Crippen molar-refractivity contribution in [2.75, 3.05) is 14.2 Å². The molecule has 0 amide bonds. The molecule has 0 bridgehead atoms. The summed E-state index contributed by atoms with van der Waals surface area (Å²) in [6.07, 6.45) is 0.215. The zero-order valence-corrected chi connectivity index (χ0v) is 18.4. The van der Waals surface area contributed by atoms with Crippen molar-refractivity contribution in [3.63, 3.8) is 0 Å². The SMILES string of the molecule is COc1ccc(C(=O)C[C@H](c2ccc(OC)cc2)[C@@H](C#N)c2ccc(Br)cc2)cc1. The lowest BCUT2D eigenvalue weighted by Crippen LogP contribution is -2.15. The molecule has 0 radical (unpaired) electrons. The Morgan fingerprint density at radius 2 is 1.37 bits per heavy atom. The largest absolute Gasteiger partial charge is 0.497 e. The highest BCUT2D eigenvalue weighted by Crippen LogP contribution is 2.37. The molecular formula is C25H22BrNO3. The predicted octanol–water partition coefficient (Wildman–Crippen LogP) is 6.13. The highest BCUT2D eigenvalue weighted by Gasteiger charge is 2.28. The van der Waals surface area contributed by atoms with E-state index in [1.54, 1.807) is 38.5 Å². The van der Waals surface area contributed by atoms with Gasteiger partial charge in [0.25, 0.3) is 0 Å². The first kappa shape index (κ1) is 21.6. The second-order valence-electron chi connectivity index (χ2n) is 6.89. The zero-order valence-electron chi connectivity index (χ0n) is 16.8. The number of nitriles is 1. The molecule has 2 atom stereocenters. The van der Waals surface area contributed by atoms with Gasteiger partial charge in [0.15, 0.2) is 5.78 Å². The van der Waals surface area contributed by atoms with Gasteiger partial charge in [0.05, 0.1) is 26.2 Å². The van der Waals surface area contributed by atoms with Gasteiger partial charge in [-0.1, -0.05) is 40.2 Å².